The van der Waals surface area contributed by atoms with Crippen LogP contribution >= 0.6 is 0 Å². The van der Waals surface area contributed by atoms with Gasteiger partial charge in [-0.05, 0) is 0 Å². The second kappa shape index (κ2) is 8.89. The lowest BCUT2D eigenvalue weighted by Gasteiger charge is -2.13. The van der Waals surface area contributed by atoms with Crippen molar-refractivity contribution in [2.75, 3.05) is 39.9 Å². The number of nitrogens with one attached hydrogen (secondary N) is 2. The highest BCUT2D eigenvalue weighted by Crippen LogP contribution is 1.84. The molecule has 0 fully saturated rings. The van der Waals surface area contributed by atoms with Crippen molar-refractivity contribution in [2.45, 2.75) is 6.04 Å². The van der Waals surface area contributed by atoms with Crippen LogP contribution in [0.2, 0.25) is 0 Å². The first kappa shape index (κ1) is 13.3. The molecule has 14 heavy (non-hydrogen) atoms. The first-order valence-electron chi connectivity index (χ1n) is 4.58. The Morgan fingerprint density at radius 1 is 1.50 bits per heavy atom. The van der Waals surface area contributed by atoms with Gasteiger partial charge in [-0.15, -0.1) is 0 Å². The van der Waals surface area contributed by atoms with Gasteiger partial charge in [0, 0.05) is 33.3 Å². The minimum absolute atomic E-state index is 0.173. The number of aliphatic carboxylic acids is 1. The third-order valence-electron chi connectivity index (χ3n) is 1.65. The summed E-state index contributed by atoms with van der Waals surface area (Å²) in [6, 6.07) is -0.639. The van der Waals surface area contributed by atoms with Gasteiger partial charge in [-0.25, -0.2) is 0 Å². The van der Waals surface area contributed by atoms with E-state index in [1.807, 2.05) is 0 Å². The average molecular weight is 205 g/mol. The van der Waals surface area contributed by atoms with E-state index >= 15 is 0 Å². The SMILES string of the molecule is COCC(NCCNCCN)C(=O)O. The maximum absolute atomic E-state index is 10.6. The number of ether oxygens (including phenoxy) is 1. The summed E-state index contributed by atoms with van der Waals surface area (Å²) in [6.45, 7) is 2.78. The number of rotatable bonds is 9. The first-order chi connectivity index (χ1) is 6.72. The van der Waals surface area contributed by atoms with Crippen molar-refractivity contribution in [2.24, 2.45) is 5.73 Å². The summed E-state index contributed by atoms with van der Waals surface area (Å²) in [7, 11) is 1.48. The number of carbonyl (C=O) groups is 1. The summed E-state index contributed by atoms with van der Waals surface area (Å²) in [5, 5.41) is 14.6. The van der Waals surface area contributed by atoms with Crippen molar-refractivity contribution < 1.29 is 14.6 Å². The van der Waals surface area contributed by atoms with Gasteiger partial charge in [-0.2, -0.15) is 0 Å². The van der Waals surface area contributed by atoms with Crippen molar-refractivity contribution in [3.8, 4) is 0 Å². The Hall–Kier alpha value is -0.690. The van der Waals surface area contributed by atoms with Crippen molar-refractivity contribution in [3.05, 3.63) is 0 Å². The molecule has 6 nitrogen and oxygen atoms in total. The Balaban J connectivity index is 3.46. The van der Waals surface area contributed by atoms with Crippen LogP contribution in [0.4, 0.5) is 0 Å². The molecule has 1 unspecified atom stereocenters. The molecule has 0 aliphatic heterocycles. The summed E-state index contributed by atoms with van der Waals surface area (Å²) < 4.78 is 4.76. The molecule has 0 aliphatic rings. The Morgan fingerprint density at radius 2 is 2.21 bits per heavy atom. The third-order valence-corrected chi connectivity index (χ3v) is 1.65. The summed E-state index contributed by atoms with van der Waals surface area (Å²) in [5.74, 6) is -0.898. The first-order valence-corrected chi connectivity index (χ1v) is 4.58. The molecule has 0 aliphatic carbocycles. The van der Waals surface area contributed by atoms with E-state index in [0.29, 0.717) is 19.6 Å². The average Bonchev–Trinajstić information content (AvgIpc) is 2.15. The van der Waals surface area contributed by atoms with Gasteiger partial charge in [-0.3, -0.25) is 4.79 Å². The van der Waals surface area contributed by atoms with Crippen LogP contribution in [-0.4, -0.2) is 57.0 Å². The maximum Gasteiger partial charge on any atom is 0.323 e. The van der Waals surface area contributed by atoms with Crippen LogP contribution in [0.3, 0.4) is 0 Å². The van der Waals surface area contributed by atoms with Gasteiger partial charge in [0.15, 0.2) is 0 Å². The molecule has 6 heteroatoms. The Morgan fingerprint density at radius 3 is 2.71 bits per heavy atom. The lowest BCUT2D eigenvalue weighted by atomic mass is 10.3. The molecule has 1 atom stereocenters. The molecular weight excluding hydrogens is 186 g/mol. The second-order valence-corrected chi connectivity index (χ2v) is 2.84. The minimum Gasteiger partial charge on any atom is -0.480 e. The predicted molar refractivity (Wildman–Crippen MR) is 53.2 cm³/mol. The number of hydrogen-bond acceptors (Lipinski definition) is 5. The van der Waals surface area contributed by atoms with Crippen LogP contribution in [0.1, 0.15) is 0 Å². The van der Waals surface area contributed by atoms with Crippen LogP contribution < -0.4 is 16.4 Å². The molecule has 0 saturated carbocycles. The zero-order valence-electron chi connectivity index (χ0n) is 8.45. The largest absolute Gasteiger partial charge is 0.480 e. The normalized spacial score (nSPS) is 12.7. The van der Waals surface area contributed by atoms with Crippen LogP contribution in [0.5, 0.6) is 0 Å². The van der Waals surface area contributed by atoms with Crippen molar-refractivity contribution in [1.82, 2.24) is 10.6 Å². The number of hydrogen-bond donors (Lipinski definition) is 4. The number of nitrogens with two attached hydrogens (primary N) is 1. The highest BCUT2D eigenvalue weighted by atomic mass is 16.5. The molecule has 0 rings (SSSR count). The fraction of sp³-hybridized carbons (Fsp3) is 0.875. The van der Waals surface area contributed by atoms with Crippen LogP contribution in [0.15, 0.2) is 0 Å². The number of carboxylic acids is 1. The Kier molecular flexibility index (Phi) is 8.45. The Labute approximate surface area is 83.8 Å². The predicted octanol–water partition coefficient (Wildman–Crippen LogP) is -1.78. The molecule has 5 N–H and O–H groups in total. The van der Waals surface area contributed by atoms with E-state index in [2.05, 4.69) is 10.6 Å². The monoisotopic (exact) mass is 205 g/mol. The lowest BCUT2D eigenvalue weighted by molar-refractivity contribution is -0.140. The molecule has 0 saturated heterocycles. The molecule has 0 aromatic heterocycles. The molecule has 84 valence electrons. The molecular formula is C8H19N3O3. The zero-order valence-corrected chi connectivity index (χ0v) is 8.45. The van der Waals surface area contributed by atoms with E-state index in [-0.39, 0.29) is 6.61 Å². The van der Waals surface area contributed by atoms with Gasteiger partial charge in [0.1, 0.15) is 6.04 Å². The summed E-state index contributed by atoms with van der Waals surface area (Å²) in [5.41, 5.74) is 5.27. The van der Waals surface area contributed by atoms with Crippen molar-refractivity contribution in [3.63, 3.8) is 0 Å². The van der Waals surface area contributed by atoms with E-state index in [1.54, 1.807) is 0 Å². The smallest absolute Gasteiger partial charge is 0.323 e. The molecule has 0 spiro atoms. The van der Waals surface area contributed by atoms with E-state index in [9.17, 15) is 4.79 Å². The van der Waals surface area contributed by atoms with E-state index in [4.69, 9.17) is 15.6 Å². The quantitative estimate of drug-likeness (QED) is 0.332. The summed E-state index contributed by atoms with van der Waals surface area (Å²) in [4.78, 5) is 10.6. The highest BCUT2D eigenvalue weighted by Gasteiger charge is 2.15. The second-order valence-electron chi connectivity index (χ2n) is 2.84. The van der Waals surface area contributed by atoms with Gasteiger partial charge >= 0.3 is 5.97 Å². The maximum atomic E-state index is 10.6. The van der Waals surface area contributed by atoms with E-state index in [1.165, 1.54) is 7.11 Å². The van der Waals surface area contributed by atoms with Gasteiger partial charge in [0.05, 0.1) is 6.61 Å². The van der Waals surface area contributed by atoms with Crippen molar-refractivity contribution in [1.29, 1.82) is 0 Å². The van der Waals surface area contributed by atoms with Crippen LogP contribution in [-0.2, 0) is 9.53 Å². The number of carboxylic acid groups (broad SMARTS) is 1. The van der Waals surface area contributed by atoms with Crippen LogP contribution in [0.25, 0.3) is 0 Å². The van der Waals surface area contributed by atoms with E-state index in [0.717, 1.165) is 6.54 Å². The fourth-order valence-electron chi connectivity index (χ4n) is 0.946. The molecule has 0 aromatic rings. The van der Waals surface area contributed by atoms with Gasteiger partial charge in [0.2, 0.25) is 0 Å². The van der Waals surface area contributed by atoms with Crippen molar-refractivity contribution >= 4 is 5.97 Å². The summed E-state index contributed by atoms with van der Waals surface area (Å²) in [6.07, 6.45) is 0. The third kappa shape index (κ3) is 6.79. The zero-order chi connectivity index (χ0) is 10.8. The van der Waals surface area contributed by atoms with E-state index < -0.39 is 12.0 Å². The fourth-order valence-corrected chi connectivity index (χ4v) is 0.946. The molecule has 0 amide bonds. The topological polar surface area (TPSA) is 96.6 Å². The molecule has 0 bridgehead atoms. The summed E-state index contributed by atoms with van der Waals surface area (Å²) >= 11 is 0. The molecule has 0 heterocycles. The Bertz CT molecular complexity index is 155. The lowest BCUT2D eigenvalue weighted by Crippen LogP contribution is -2.43. The van der Waals surface area contributed by atoms with Gasteiger partial charge in [-0.1, -0.05) is 0 Å². The van der Waals surface area contributed by atoms with Gasteiger partial charge in [0.25, 0.3) is 0 Å². The minimum atomic E-state index is -0.898. The molecule has 0 aromatic carbocycles. The molecule has 0 radical (unpaired) electrons. The highest BCUT2D eigenvalue weighted by molar-refractivity contribution is 5.73. The van der Waals surface area contributed by atoms with Crippen LogP contribution in [0, 0.1) is 0 Å². The standard InChI is InChI=1S/C8H19N3O3/c1-14-6-7(8(12)13)11-5-4-10-3-2-9/h7,10-11H,2-6,9H2,1H3,(H,12,13). The van der Waals surface area contributed by atoms with Gasteiger partial charge < -0.3 is 26.2 Å². The number of methoxy groups -OCH3 is 1.